The van der Waals surface area contributed by atoms with Crippen LogP contribution in [0.25, 0.3) is 0 Å². The number of nitrogens with two attached hydrogens (primary N) is 1. The summed E-state index contributed by atoms with van der Waals surface area (Å²) in [5.74, 6) is 0.626. The molecule has 159 valence electrons. The smallest absolute Gasteiger partial charge is 0.375 e. The third-order valence-electron chi connectivity index (χ3n) is 3.22. The summed E-state index contributed by atoms with van der Waals surface area (Å²) in [6, 6.07) is 12.4. The number of hydrogen-bond acceptors (Lipinski definition) is 5. The molecule has 2 aromatic rings. The maximum atomic E-state index is 9.88. The molecule has 0 aliphatic heterocycles. The molecule has 0 aromatic heterocycles. The maximum Gasteiger partial charge on any atom is 0.375 e. The number of nitrogens with one attached hydrogen (secondary N) is 1. The van der Waals surface area contributed by atoms with Crippen LogP contribution in [0.15, 0.2) is 42.5 Å². The number of quaternary nitrogens is 1. The average molecular weight is 506 g/mol. The molecule has 0 saturated carbocycles. The first kappa shape index (κ1) is 31.8. The van der Waals surface area contributed by atoms with E-state index in [1.54, 1.807) is 35.8 Å². The molecule has 0 saturated heterocycles. The van der Waals surface area contributed by atoms with Crippen molar-refractivity contribution >= 4 is 29.9 Å². The Labute approximate surface area is 190 Å². The summed E-state index contributed by atoms with van der Waals surface area (Å²) in [7, 11) is 0. The Hall–Kier alpha value is -0.890. The van der Waals surface area contributed by atoms with Gasteiger partial charge >= 0.3 is 6.72 Å². The molecule has 0 heterocycles. The van der Waals surface area contributed by atoms with Crippen molar-refractivity contribution in [1.82, 2.24) is 0 Å². The van der Waals surface area contributed by atoms with Crippen molar-refractivity contribution in [3.63, 3.8) is 0 Å². The van der Waals surface area contributed by atoms with Gasteiger partial charge in [0.15, 0.2) is 11.4 Å². The quantitative estimate of drug-likeness (QED) is 0.0825. The number of aryl methyl sites for hydroxylation is 1. The Balaban J connectivity index is -0.00000156. The Bertz CT molecular complexity index is 732. The molecule has 1 radical (unpaired) electrons. The second kappa shape index (κ2) is 15.0. The van der Waals surface area contributed by atoms with Crippen LogP contribution in [-0.2, 0) is 45.1 Å². The van der Waals surface area contributed by atoms with E-state index in [9.17, 15) is 10.00 Å². The number of phenols is 1. The van der Waals surface area contributed by atoms with Gasteiger partial charge in [-0.3, -0.25) is 0 Å². The minimum atomic E-state index is -3.30. The molecular weight excluding hydrogens is 476 g/mol. The molecule has 28 heavy (non-hydrogen) atoms. The summed E-state index contributed by atoms with van der Waals surface area (Å²) in [6.07, 6.45) is 0.898. The van der Waals surface area contributed by atoms with E-state index in [1.807, 2.05) is 12.1 Å². The molecule has 1 unspecified atom stereocenters. The van der Waals surface area contributed by atoms with Crippen LogP contribution in [0.4, 0.5) is 11.4 Å². The molecule has 0 spiro atoms. The summed E-state index contributed by atoms with van der Waals surface area (Å²) in [6.45, 7) is 2.27. The van der Waals surface area contributed by atoms with Crippen LogP contribution in [0.5, 0.6) is 11.5 Å². The average Bonchev–Trinajstić information content (AvgIpc) is 2.55. The van der Waals surface area contributed by atoms with Gasteiger partial charge in [-0.05, 0) is 42.3 Å². The Kier molecular flexibility index (Phi) is 17.1. The molecule has 6 nitrogen and oxygen atoms in total. The van der Waals surface area contributed by atoms with Gasteiger partial charge in [-0.15, -0.1) is 0 Å². The normalized spacial score (nSPS) is 11.4. The summed E-state index contributed by atoms with van der Waals surface area (Å²) < 4.78 is 10.2. The van der Waals surface area contributed by atoms with Crippen molar-refractivity contribution < 1.29 is 46.9 Å². The van der Waals surface area contributed by atoms with Crippen molar-refractivity contribution in [2.75, 3.05) is 12.0 Å². The van der Waals surface area contributed by atoms with Crippen molar-refractivity contribution in [2.24, 2.45) is 0 Å². The monoisotopic (exact) mass is 506 g/mol. The van der Waals surface area contributed by atoms with Crippen molar-refractivity contribution in [2.45, 2.75) is 13.3 Å². The molecule has 1 atom stereocenters. The molecule has 2 rings (SSSR count). The predicted molar refractivity (Wildman–Crippen MR) is 117 cm³/mol. The Morgan fingerprint density at radius 3 is 2.29 bits per heavy atom. The number of rotatable bonds is 8. The van der Waals surface area contributed by atoms with Crippen molar-refractivity contribution in [1.29, 1.82) is 0 Å². The fourth-order valence-electron chi connectivity index (χ4n) is 1.99. The minimum Gasteiger partial charge on any atom is -0.503 e. The van der Waals surface area contributed by atoms with E-state index in [-0.39, 0.29) is 57.0 Å². The first-order valence-corrected chi connectivity index (χ1v) is 10.0. The standard InChI is InChI=1S/C16H20N2O4PS.3CH3.Nb/c1-3-12-5-10-16(19)15(11-12)18-17-13-6-8-14(9-7-13)22-23(20,24)21-4-2;;;;/h5-11,17-19H,2-4H2,1H3,(H,20,24);3*1H3;/q4*-1;/p+1. The SMILES string of the molecule is [CH2-]COP(O)(=S)Oc1ccc(N[NH2+]c2cc(CC)ccc2O)cc1.[CH3-].[CH3-].[CH3-].[Nb]. The fourth-order valence-corrected chi connectivity index (χ4v) is 3.14. The van der Waals surface area contributed by atoms with Gasteiger partial charge in [0.2, 0.25) is 0 Å². The third-order valence-corrected chi connectivity index (χ3v) is 4.71. The van der Waals surface area contributed by atoms with Crippen LogP contribution in [0.1, 0.15) is 12.5 Å². The second-order valence-corrected chi connectivity index (χ2v) is 7.72. The van der Waals surface area contributed by atoms with Gasteiger partial charge in [-0.1, -0.05) is 19.6 Å². The molecule has 0 bridgehead atoms. The van der Waals surface area contributed by atoms with Gasteiger partial charge in [-0.25, -0.2) is 10.9 Å². The van der Waals surface area contributed by atoms with Crippen LogP contribution in [-0.4, -0.2) is 16.6 Å². The molecule has 2 aromatic carbocycles. The Morgan fingerprint density at radius 1 is 1.14 bits per heavy atom. The summed E-state index contributed by atoms with van der Waals surface area (Å²) in [5, 5.41) is 9.88. The van der Waals surface area contributed by atoms with Gasteiger partial charge in [0.1, 0.15) is 5.75 Å². The van der Waals surface area contributed by atoms with E-state index in [0.717, 1.165) is 17.7 Å². The molecular formula is C19H30N2NbO4PS-3. The number of aromatic hydroxyl groups is 1. The van der Waals surface area contributed by atoms with E-state index >= 15 is 0 Å². The Morgan fingerprint density at radius 2 is 1.75 bits per heavy atom. The first-order valence-electron chi connectivity index (χ1n) is 7.41. The van der Waals surface area contributed by atoms with Crippen molar-refractivity contribution in [3.05, 3.63) is 77.2 Å². The van der Waals surface area contributed by atoms with E-state index < -0.39 is 6.72 Å². The molecule has 0 fully saturated rings. The zero-order valence-corrected chi connectivity index (χ0v) is 20.7. The second-order valence-electron chi connectivity index (χ2n) is 4.95. The van der Waals surface area contributed by atoms with Gasteiger partial charge in [0.05, 0.1) is 5.69 Å². The van der Waals surface area contributed by atoms with Gasteiger partial charge in [0, 0.05) is 40.3 Å². The van der Waals surface area contributed by atoms with Crippen LogP contribution >= 0.6 is 6.72 Å². The molecule has 0 aliphatic carbocycles. The predicted octanol–water partition coefficient (Wildman–Crippen LogP) is 3.97. The zero-order valence-electron chi connectivity index (χ0n) is 16.8. The number of nitrogen functional groups attached to an aromatic ring is 1. The van der Waals surface area contributed by atoms with Gasteiger partial charge in [-0.2, -0.15) is 0 Å². The number of hydrogen-bond donors (Lipinski definition) is 4. The van der Waals surface area contributed by atoms with Crippen LogP contribution in [0, 0.1) is 29.2 Å². The summed E-state index contributed by atoms with van der Waals surface area (Å²) in [5.41, 5.74) is 7.49. The van der Waals surface area contributed by atoms with E-state index in [1.165, 1.54) is 0 Å². The van der Waals surface area contributed by atoms with Crippen LogP contribution in [0.2, 0.25) is 0 Å². The number of benzene rings is 2. The maximum absolute atomic E-state index is 9.88. The molecule has 0 amide bonds. The van der Waals surface area contributed by atoms with Crippen LogP contribution < -0.4 is 15.4 Å². The summed E-state index contributed by atoms with van der Waals surface area (Å²) >= 11 is 4.84. The fraction of sp³-hybridized carbons (Fsp3) is 0.158. The van der Waals surface area contributed by atoms with Crippen LogP contribution in [0.3, 0.4) is 0 Å². The van der Waals surface area contributed by atoms with Gasteiger partial charge < -0.3 is 48.3 Å². The largest absolute Gasteiger partial charge is 0.503 e. The topological polar surface area (TPSA) is 87.6 Å². The van der Waals surface area contributed by atoms with Crippen molar-refractivity contribution in [3.8, 4) is 11.5 Å². The molecule has 9 heteroatoms. The molecule has 0 aliphatic rings. The minimum absolute atomic E-state index is 0. The summed E-state index contributed by atoms with van der Waals surface area (Å²) in [4.78, 5) is 9.76. The van der Waals surface area contributed by atoms with Gasteiger partial charge in [0.25, 0.3) is 0 Å². The van der Waals surface area contributed by atoms with E-state index in [4.69, 9.17) is 20.9 Å². The number of phenolic OH excluding ortho intramolecular Hbond substituents is 1. The number of anilines is 1. The van der Waals surface area contributed by atoms with E-state index in [2.05, 4.69) is 19.3 Å². The zero-order chi connectivity index (χ0) is 17.6. The molecule has 5 N–H and O–H groups in total. The van der Waals surface area contributed by atoms with E-state index in [0.29, 0.717) is 11.4 Å². The third kappa shape index (κ3) is 10.1. The first-order chi connectivity index (χ1) is 11.4.